The number of amides is 1. The third-order valence-electron chi connectivity index (χ3n) is 6.64. The first-order valence-corrected chi connectivity index (χ1v) is 11.7. The van der Waals surface area contributed by atoms with E-state index in [2.05, 4.69) is 10.1 Å². The Morgan fingerprint density at radius 2 is 1.82 bits per heavy atom. The summed E-state index contributed by atoms with van der Waals surface area (Å²) in [6, 6.07) is 15.5. The predicted molar refractivity (Wildman–Crippen MR) is 123 cm³/mol. The van der Waals surface area contributed by atoms with Crippen LogP contribution in [0.1, 0.15) is 41.6 Å². The zero-order chi connectivity index (χ0) is 22.2. The van der Waals surface area contributed by atoms with Gasteiger partial charge in [0.15, 0.2) is 11.5 Å². The van der Waals surface area contributed by atoms with Gasteiger partial charge in [0.2, 0.25) is 12.7 Å². The summed E-state index contributed by atoms with van der Waals surface area (Å²) < 4.78 is 16.8. The fraction of sp³-hybridized carbons (Fsp3) is 0.385. The molecule has 1 amide bonds. The monoisotopic (exact) mass is 445 g/mol. The molecule has 0 atom stereocenters. The molecule has 2 fully saturated rings. The summed E-state index contributed by atoms with van der Waals surface area (Å²) in [5.74, 6) is 2.65. The van der Waals surface area contributed by atoms with Gasteiger partial charge in [-0.15, -0.1) is 0 Å². The lowest BCUT2D eigenvalue weighted by Gasteiger charge is -2.24. The first kappa shape index (κ1) is 20.1. The van der Waals surface area contributed by atoms with Crippen molar-refractivity contribution in [1.29, 1.82) is 0 Å². The summed E-state index contributed by atoms with van der Waals surface area (Å²) in [6.45, 7) is 3.29. The van der Waals surface area contributed by atoms with Crippen LogP contribution in [0.15, 0.2) is 53.1 Å². The summed E-state index contributed by atoms with van der Waals surface area (Å²) in [5, 5.41) is 4.47. The zero-order valence-electron chi connectivity index (χ0n) is 18.5. The second-order valence-electron chi connectivity index (χ2n) is 9.07. The second-order valence-corrected chi connectivity index (χ2v) is 9.07. The summed E-state index contributed by atoms with van der Waals surface area (Å²) >= 11 is 0. The van der Waals surface area contributed by atoms with Crippen LogP contribution in [0.5, 0.6) is 11.5 Å². The Kier molecular flexibility index (Phi) is 5.17. The number of aromatic nitrogens is 1. The van der Waals surface area contributed by atoms with E-state index < -0.39 is 0 Å². The molecule has 170 valence electrons. The van der Waals surface area contributed by atoms with Gasteiger partial charge in [-0.1, -0.05) is 35.5 Å². The predicted octanol–water partition coefficient (Wildman–Crippen LogP) is 4.72. The molecule has 0 spiro atoms. The van der Waals surface area contributed by atoms with Crippen LogP contribution in [0.25, 0.3) is 11.3 Å². The van der Waals surface area contributed by atoms with E-state index in [-0.39, 0.29) is 12.7 Å². The smallest absolute Gasteiger partial charge is 0.254 e. The minimum atomic E-state index is -0.00668. The van der Waals surface area contributed by atoms with E-state index in [0.29, 0.717) is 29.5 Å². The normalized spacial score (nSPS) is 16.9. The number of rotatable bonds is 7. The van der Waals surface area contributed by atoms with Crippen LogP contribution < -0.4 is 14.4 Å². The highest BCUT2D eigenvalue weighted by Gasteiger charge is 2.32. The topological polar surface area (TPSA) is 68.0 Å². The van der Waals surface area contributed by atoms with Crippen LogP contribution in [-0.2, 0) is 6.54 Å². The average Bonchev–Trinajstić information content (AvgIpc) is 3.24. The van der Waals surface area contributed by atoms with Crippen LogP contribution in [0.2, 0.25) is 0 Å². The quantitative estimate of drug-likeness (QED) is 0.524. The van der Waals surface area contributed by atoms with E-state index in [1.807, 2.05) is 47.4 Å². The number of carbonyl (C=O) groups excluding carboxylic acids is 1. The van der Waals surface area contributed by atoms with E-state index in [1.165, 1.54) is 12.8 Å². The van der Waals surface area contributed by atoms with E-state index >= 15 is 0 Å². The number of hydrogen-bond acceptors (Lipinski definition) is 6. The second kappa shape index (κ2) is 8.46. The highest BCUT2D eigenvalue weighted by Crippen LogP contribution is 2.37. The maximum Gasteiger partial charge on any atom is 0.254 e. The molecular weight excluding hydrogens is 418 g/mol. The van der Waals surface area contributed by atoms with Crippen molar-refractivity contribution in [2.75, 3.05) is 31.3 Å². The van der Waals surface area contributed by atoms with Gasteiger partial charge in [-0.25, -0.2) is 0 Å². The van der Waals surface area contributed by atoms with E-state index in [9.17, 15) is 4.79 Å². The first-order chi connectivity index (χ1) is 16.3. The number of anilines is 1. The number of fused-ring (bicyclic) bond motifs is 1. The molecule has 1 saturated carbocycles. The van der Waals surface area contributed by atoms with Gasteiger partial charge in [-0.05, 0) is 49.8 Å². The Morgan fingerprint density at radius 1 is 1.03 bits per heavy atom. The van der Waals surface area contributed by atoms with Gasteiger partial charge in [0.25, 0.3) is 5.91 Å². The fourth-order valence-electron chi connectivity index (χ4n) is 4.67. The minimum Gasteiger partial charge on any atom is -0.454 e. The standard InChI is InChI=1S/C26H27N3O4/c30-25(20-10-11-22-23(14-20)32-17-31-22)29(15-18-8-9-18)16-21-24(19-6-2-1-3-7-19)27-33-26(21)28-12-4-5-13-28/h1-3,6-7,10-11,14,18H,4-5,8-9,12-13,15-17H2. The van der Waals surface area contributed by atoms with Crippen LogP contribution in [0.4, 0.5) is 5.88 Å². The molecule has 0 bridgehead atoms. The van der Waals surface area contributed by atoms with E-state index in [1.54, 1.807) is 6.07 Å². The van der Waals surface area contributed by atoms with Crippen LogP contribution in [-0.4, -0.2) is 42.4 Å². The van der Waals surface area contributed by atoms with Gasteiger partial charge in [-0.3, -0.25) is 4.79 Å². The number of benzene rings is 2. The Hall–Kier alpha value is -3.48. The van der Waals surface area contributed by atoms with Crippen LogP contribution >= 0.6 is 0 Å². The molecule has 2 aliphatic heterocycles. The molecule has 0 N–H and O–H groups in total. The highest BCUT2D eigenvalue weighted by molar-refractivity contribution is 5.95. The maximum absolute atomic E-state index is 13.7. The molecule has 33 heavy (non-hydrogen) atoms. The Bertz CT molecular complexity index is 1150. The lowest BCUT2D eigenvalue weighted by molar-refractivity contribution is 0.0735. The molecular formula is C26H27N3O4. The van der Waals surface area contributed by atoms with Crippen molar-refractivity contribution in [1.82, 2.24) is 10.1 Å². The molecule has 3 aliphatic rings. The molecule has 3 aromatic rings. The molecule has 0 radical (unpaired) electrons. The number of carbonyl (C=O) groups is 1. The van der Waals surface area contributed by atoms with Crippen molar-refractivity contribution in [2.45, 2.75) is 32.2 Å². The molecule has 1 aromatic heterocycles. The van der Waals surface area contributed by atoms with Crippen molar-refractivity contribution in [3.05, 3.63) is 59.7 Å². The lowest BCUT2D eigenvalue weighted by atomic mass is 10.1. The van der Waals surface area contributed by atoms with Gasteiger partial charge >= 0.3 is 0 Å². The molecule has 2 aromatic carbocycles. The summed E-state index contributed by atoms with van der Waals surface area (Å²) in [4.78, 5) is 17.9. The van der Waals surface area contributed by atoms with Crippen LogP contribution in [0.3, 0.4) is 0 Å². The summed E-state index contributed by atoms with van der Waals surface area (Å²) in [6.07, 6.45) is 4.61. The van der Waals surface area contributed by atoms with Gasteiger partial charge in [0.05, 0.1) is 12.1 Å². The third kappa shape index (κ3) is 4.03. The molecule has 3 heterocycles. The minimum absolute atomic E-state index is 0.00668. The number of ether oxygens (including phenoxy) is 2. The Balaban J connectivity index is 1.36. The van der Waals surface area contributed by atoms with E-state index in [0.717, 1.165) is 55.2 Å². The molecule has 6 rings (SSSR count). The van der Waals surface area contributed by atoms with E-state index in [4.69, 9.17) is 14.0 Å². The fourth-order valence-corrected chi connectivity index (χ4v) is 4.67. The lowest BCUT2D eigenvalue weighted by Crippen LogP contribution is -2.33. The average molecular weight is 446 g/mol. The number of nitrogens with zero attached hydrogens (tertiary/aromatic N) is 3. The van der Waals surface area contributed by atoms with Gasteiger partial charge in [0.1, 0.15) is 5.69 Å². The number of hydrogen-bond donors (Lipinski definition) is 0. The molecule has 1 saturated heterocycles. The first-order valence-electron chi connectivity index (χ1n) is 11.7. The zero-order valence-corrected chi connectivity index (χ0v) is 18.5. The highest BCUT2D eigenvalue weighted by atomic mass is 16.7. The van der Waals surface area contributed by atoms with Crippen molar-refractivity contribution >= 4 is 11.8 Å². The summed E-state index contributed by atoms with van der Waals surface area (Å²) in [5.41, 5.74) is 3.42. The van der Waals surface area contributed by atoms with Gasteiger partial charge in [-0.2, -0.15) is 0 Å². The van der Waals surface area contributed by atoms with Gasteiger partial charge < -0.3 is 23.8 Å². The third-order valence-corrected chi connectivity index (χ3v) is 6.64. The molecule has 7 heteroatoms. The summed E-state index contributed by atoms with van der Waals surface area (Å²) in [7, 11) is 0. The van der Waals surface area contributed by atoms with Crippen molar-refractivity contribution < 1.29 is 18.8 Å². The Morgan fingerprint density at radius 3 is 2.61 bits per heavy atom. The SMILES string of the molecule is O=C(c1ccc2c(c1)OCO2)N(Cc1c(-c2ccccc2)noc1N1CCCC1)CC1CC1. The molecule has 1 aliphatic carbocycles. The van der Waals surface area contributed by atoms with Crippen molar-refractivity contribution in [2.24, 2.45) is 5.92 Å². The Labute approximate surface area is 192 Å². The molecule has 0 unspecified atom stereocenters. The van der Waals surface area contributed by atoms with Gasteiger partial charge in [0, 0.05) is 30.8 Å². The largest absolute Gasteiger partial charge is 0.454 e. The van der Waals surface area contributed by atoms with Crippen molar-refractivity contribution in [3.8, 4) is 22.8 Å². The molecule has 7 nitrogen and oxygen atoms in total. The van der Waals surface area contributed by atoms with Crippen LogP contribution in [0, 0.1) is 5.92 Å². The maximum atomic E-state index is 13.7. The van der Waals surface area contributed by atoms with Crippen molar-refractivity contribution in [3.63, 3.8) is 0 Å².